The summed E-state index contributed by atoms with van der Waals surface area (Å²) in [5, 5.41) is 18.2. The van der Waals surface area contributed by atoms with Crippen molar-refractivity contribution in [2.24, 2.45) is 7.05 Å². The van der Waals surface area contributed by atoms with Gasteiger partial charge >= 0.3 is 0 Å². The highest BCUT2D eigenvalue weighted by atomic mass is 19.1. The van der Waals surface area contributed by atoms with E-state index in [1.54, 1.807) is 17.0 Å². The lowest BCUT2D eigenvalue weighted by Gasteiger charge is -2.24. The molecule has 9 nitrogen and oxygen atoms in total. The van der Waals surface area contributed by atoms with Gasteiger partial charge in [-0.05, 0) is 30.5 Å². The second kappa shape index (κ2) is 7.69. The number of aromatic nitrogens is 4. The van der Waals surface area contributed by atoms with E-state index in [0.29, 0.717) is 18.8 Å². The summed E-state index contributed by atoms with van der Waals surface area (Å²) in [7, 11) is 1.50. The van der Waals surface area contributed by atoms with Crippen molar-refractivity contribution < 1.29 is 18.7 Å². The van der Waals surface area contributed by atoms with Crippen molar-refractivity contribution in [3.63, 3.8) is 0 Å². The third kappa shape index (κ3) is 3.56. The Kier molecular flexibility index (Phi) is 5.06. The molecule has 10 heteroatoms. The molecule has 0 saturated carbocycles. The standard InChI is InChI=1S/C20H20FN5O4/c1-11(27)26-9-3-4-14(26)18-22-16(17(28)20(29)25(18)2)19-24-23-15(30-19)10-12-5-7-13(21)8-6-12/h5-8,14,28H,3-4,9-10H2,1-2H3/t14-/m0/s1. The summed E-state index contributed by atoms with van der Waals surface area (Å²) in [6.45, 7) is 2.05. The Morgan fingerprint density at radius 3 is 2.73 bits per heavy atom. The van der Waals surface area contributed by atoms with E-state index in [-0.39, 0.29) is 41.7 Å². The Labute approximate surface area is 170 Å². The van der Waals surface area contributed by atoms with E-state index in [2.05, 4.69) is 15.2 Å². The van der Waals surface area contributed by atoms with Crippen LogP contribution in [0.25, 0.3) is 11.6 Å². The molecular weight excluding hydrogens is 393 g/mol. The maximum atomic E-state index is 13.1. The molecule has 0 spiro atoms. The summed E-state index contributed by atoms with van der Waals surface area (Å²) in [5.41, 5.74) is -0.0263. The van der Waals surface area contributed by atoms with Crippen LogP contribution in [0.15, 0.2) is 33.5 Å². The van der Waals surface area contributed by atoms with Gasteiger partial charge in [0, 0.05) is 20.5 Å². The van der Waals surface area contributed by atoms with Crippen LogP contribution in [0.5, 0.6) is 5.75 Å². The lowest BCUT2D eigenvalue weighted by atomic mass is 10.1. The normalized spacial score (nSPS) is 16.2. The topological polar surface area (TPSA) is 114 Å². The van der Waals surface area contributed by atoms with Crippen molar-refractivity contribution in [2.45, 2.75) is 32.2 Å². The minimum Gasteiger partial charge on any atom is -0.501 e. The van der Waals surface area contributed by atoms with E-state index in [0.717, 1.165) is 12.0 Å². The molecule has 3 heterocycles. The van der Waals surface area contributed by atoms with Crippen LogP contribution in [0.3, 0.4) is 0 Å². The zero-order valence-corrected chi connectivity index (χ0v) is 16.5. The molecule has 1 aliphatic rings. The van der Waals surface area contributed by atoms with Crippen LogP contribution < -0.4 is 5.56 Å². The number of benzene rings is 1. The number of halogens is 1. The molecule has 2 aromatic heterocycles. The summed E-state index contributed by atoms with van der Waals surface area (Å²) in [5.74, 6) is -0.592. The highest BCUT2D eigenvalue weighted by Crippen LogP contribution is 2.32. The molecule has 0 unspecified atom stereocenters. The molecule has 1 atom stereocenters. The smallest absolute Gasteiger partial charge is 0.296 e. The Morgan fingerprint density at radius 1 is 1.30 bits per heavy atom. The quantitative estimate of drug-likeness (QED) is 0.695. The average molecular weight is 413 g/mol. The van der Waals surface area contributed by atoms with Crippen LogP contribution in [0.4, 0.5) is 4.39 Å². The van der Waals surface area contributed by atoms with Crippen LogP contribution in [-0.4, -0.2) is 42.2 Å². The Morgan fingerprint density at radius 2 is 2.03 bits per heavy atom. The van der Waals surface area contributed by atoms with E-state index in [1.807, 2.05) is 0 Å². The van der Waals surface area contributed by atoms with Crippen molar-refractivity contribution in [2.75, 3.05) is 6.54 Å². The molecule has 1 saturated heterocycles. The monoisotopic (exact) mass is 413 g/mol. The minimum atomic E-state index is -0.663. The van der Waals surface area contributed by atoms with E-state index in [9.17, 15) is 19.1 Å². The van der Waals surface area contributed by atoms with Crippen LogP contribution >= 0.6 is 0 Å². The summed E-state index contributed by atoms with van der Waals surface area (Å²) in [6, 6.07) is 5.48. The van der Waals surface area contributed by atoms with Crippen LogP contribution in [0.2, 0.25) is 0 Å². The maximum absolute atomic E-state index is 13.1. The first-order valence-corrected chi connectivity index (χ1v) is 9.49. The van der Waals surface area contributed by atoms with Gasteiger partial charge in [-0.2, -0.15) is 0 Å². The molecule has 1 aliphatic heterocycles. The fourth-order valence-electron chi connectivity index (χ4n) is 3.66. The summed E-state index contributed by atoms with van der Waals surface area (Å²) in [4.78, 5) is 30.6. The third-order valence-electron chi connectivity index (χ3n) is 5.19. The molecule has 1 N–H and O–H groups in total. The van der Waals surface area contributed by atoms with E-state index in [1.165, 1.54) is 30.7 Å². The highest BCUT2D eigenvalue weighted by Gasteiger charge is 2.33. The third-order valence-corrected chi connectivity index (χ3v) is 5.19. The second-order valence-corrected chi connectivity index (χ2v) is 7.21. The molecule has 1 aromatic carbocycles. The van der Waals surface area contributed by atoms with Gasteiger partial charge in [0.2, 0.25) is 17.5 Å². The van der Waals surface area contributed by atoms with Crippen molar-refractivity contribution >= 4 is 5.91 Å². The molecule has 1 fully saturated rings. The predicted octanol–water partition coefficient (Wildman–Crippen LogP) is 1.95. The van der Waals surface area contributed by atoms with Crippen molar-refractivity contribution in [3.05, 3.63) is 57.7 Å². The largest absolute Gasteiger partial charge is 0.501 e. The molecule has 0 aliphatic carbocycles. The van der Waals surface area contributed by atoms with Gasteiger partial charge in [0.15, 0.2) is 5.69 Å². The number of nitrogens with zero attached hydrogens (tertiary/aromatic N) is 5. The number of amides is 1. The zero-order valence-electron chi connectivity index (χ0n) is 16.5. The fraction of sp³-hybridized carbons (Fsp3) is 0.350. The zero-order chi connectivity index (χ0) is 21.4. The van der Waals surface area contributed by atoms with Gasteiger partial charge in [0.05, 0.1) is 12.5 Å². The molecule has 3 aromatic rings. The lowest BCUT2D eigenvalue weighted by Crippen LogP contribution is -2.33. The molecule has 4 rings (SSSR count). The van der Waals surface area contributed by atoms with Gasteiger partial charge in [0.1, 0.15) is 11.6 Å². The number of carbonyl (C=O) groups excluding carboxylic acids is 1. The predicted molar refractivity (Wildman–Crippen MR) is 103 cm³/mol. The van der Waals surface area contributed by atoms with Gasteiger partial charge < -0.3 is 14.4 Å². The van der Waals surface area contributed by atoms with Crippen LogP contribution in [0.1, 0.15) is 43.1 Å². The first-order chi connectivity index (χ1) is 14.3. The summed E-state index contributed by atoms with van der Waals surface area (Å²) in [6.07, 6.45) is 1.70. The average Bonchev–Trinajstić information content (AvgIpc) is 3.38. The van der Waals surface area contributed by atoms with Crippen molar-refractivity contribution in [1.29, 1.82) is 0 Å². The fourth-order valence-corrected chi connectivity index (χ4v) is 3.66. The number of rotatable bonds is 4. The van der Waals surface area contributed by atoms with E-state index in [4.69, 9.17) is 4.42 Å². The molecule has 0 radical (unpaired) electrons. The molecule has 0 bridgehead atoms. The van der Waals surface area contributed by atoms with E-state index >= 15 is 0 Å². The first-order valence-electron chi connectivity index (χ1n) is 9.49. The van der Waals surface area contributed by atoms with Gasteiger partial charge in [-0.15, -0.1) is 10.2 Å². The molecule has 1 amide bonds. The van der Waals surface area contributed by atoms with Crippen LogP contribution in [0, 0.1) is 5.82 Å². The Balaban J connectivity index is 1.70. The number of likely N-dealkylation sites (tertiary alicyclic amines) is 1. The van der Waals surface area contributed by atoms with Gasteiger partial charge in [-0.25, -0.2) is 9.37 Å². The number of aromatic hydroxyl groups is 1. The van der Waals surface area contributed by atoms with Gasteiger partial charge in [-0.1, -0.05) is 12.1 Å². The van der Waals surface area contributed by atoms with Gasteiger partial charge in [0.25, 0.3) is 11.4 Å². The summed E-state index contributed by atoms with van der Waals surface area (Å²) < 4.78 is 19.9. The van der Waals surface area contributed by atoms with E-state index < -0.39 is 11.3 Å². The van der Waals surface area contributed by atoms with Crippen molar-refractivity contribution in [3.8, 4) is 17.3 Å². The molecular formula is C20H20FN5O4. The van der Waals surface area contributed by atoms with Crippen molar-refractivity contribution in [1.82, 2.24) is 24.6 Å². The second-order valence-electron chi connectivity index (χ2n) is 7.21. The Hall–Kier alpha value is -3.56. The lowest BCUT2D eigenvalue weighted by molar-refractivity contribution is -0.129. The summed E-state index contributed by atoms with van der Waals surface area (Å²) >= 11 is 0. The number of hydrogen-bond acceptors (Lipinski definition) is 7. The Bertz CT molecular complexity index is 1150. The first kappa shape index (κ1) is 19.7. The minimum absolute atomic E-state index is 0.101. The number of hydrogen-bond donors (Lipinski definition) is 1. The number of carbonyl (C=O) groups is 1. The SMILES string of the molecule is CC(=O)N1CCC[C@H]1c1nc(-c2nnc(Cc3ccc(F)cc3)o2)c(O)c(=O)n1C. The molecule has 30 heavy (non-hydrogen) atoms. The van der Waals surface area contributed by atoms with Crippen LogP contribution in [-0.2, 0) is 18.3 Å². The van der Waals surface area contributed by atoms with Gasteiger partial charge in [-0.3, -0.25) is 14.2 Å². The maximum Gasteiger partial charge on any atom is 0.296 e. The molecule has 156 valence electrons. The highest BCUT2D eigenvalue weighted by molar-refractivity contribution is 5.74.